The van der Waals surface area contributed by atoms with Crippen molar-refractivity contribution in [1.82, 2.24) is 0 Å². The van der Waals surface area contributed by atoms with Gasteiger partial charge in [0.05, 0.1) is 23.9 Å². The monoisotopic (exact) mass is 250 g/mol. The molecular weight excluding hydrogens is 228 g/mol. The first-order valence-corrected chi connectivity index (χ1v) is 6.16. The third-order valence-electron chi connectivity index (χ3n) is 2.82. The highest BCUT2D eigenvalue weighted by molar-refractivity contribution is 5.94. The number of carbonyl (C=O) groups is 1. The summed E-state index contributed by atoms with van der Waals surface area (Å²) in [6.45, 7) is 3.79. The first kappa shape index (κ1) is 14.5. The van der Waals surface area contributed by atoms with Crippen LogP contribution >= 0.6 is 0 Å². The molecule has 1 unspecified atom stereocenters. The molecule has 1 rings (SSSR count). The zero-order chi connectivity index (χ0) is 13.7. The van der Waals surface area contributed by atoms with Gasteiger partial charge in [-0.1, -0.05) is 26.0 Å². The second-order valence-electron chi connectivity index (χ2n) is 4.98. The lowest BCUT2D eigenvalue weighted by molar-refractivity contribution is -0.118. The number of nitrogens with zero attached hydrogens (tertiary/aromatic N) is 1. The lowest BCUT2D eigenvalue weighted by Gasteiger charge is -2.19. The van der Waals surface area contributed by atoms with E-state index in [9.17, 15) is 9.90 Å². The van der Waals surface area contributed by atoms with Gasteiger partial charge < -0.3 is 15.3 Å². The Hall–Kier alpha value is -1.55. The molecule has 1 amide bonds. The number of para-hydroxylation sites is 2. The molecular formula is C14H22N2O2. The number of carbonyl (C=O) groups excluding carboxylic acids is 1. The van der Waals surface area contributed by atoms with Crippen LogP contribution in [0.25, 0.3) is 0 Å². The van der Waals surface area contributed by atoms with Gasteiger partial charge in [0.15, 0.2) is 0 Å². The van der Waals surface area contributed by atoms with Gasteiger partial charge in [-0.2, -0.15) is 0 Å². The van der Waals surface area contributed by atoms with Crippen molar-refractivity contribution in [2.45, 2.75) is 26.4 Å². The maximum Gasteiger partial charge on any atom is 0.227 e. The third kappa shape index (κ3) is 4.04. The molecule has 0 saturated carbocycles. The molecule has 0 fully saturated rings. The van der Waals surface area contributed by atoms with E-state index in [4.69, 9.17) is 0 Å². The average Bonchev–Trinajstić information content (AvgIpc) is 2.28. The van der Waals surface area contributed by atoms with Gasteiger partial charge >= 0.3 is 0 Å². The van der Waals surface area contributed by atoms with Crippen LogP contribution in [0.1, 0.15) is 20.3 Å². The number of aliphatic hydroxyl groups is 1. The van der Waals surface area contributed by atoms with Crippen molar-refractivity contribution in [3.05, 3.63) is 24.3 Å². The van der Waals surface area contributed by atoms with Crippen LogP contribution < -0.4 is 10.2 Å². The van der Waals surface area contributed by atoms with Crippen LogP contribution in [0, 0.1) is 5.92 Å². The van der Waals surface area contributed by atoms with Gasteiger partial charge in [-0.3, -0.25) is 4.79 Å². The Kier molecular flexibility index (Phi) is 5.16. The molecule has 4 nitrogen and oxygen atoms in total. The Bertz CT molecular complexity index is 403. The molecule has 0 radical (unpaired) electrons. The fraction of sp³-hybridized carbons (Fsp3) is 0.500. The second kappa shape index (κ2) is 6.40. The fourth-order valence-corrected chi connectivity index (χ4v) is 1.60. The molecule has 0 spiro atoms. The molecule has 2 N–H and O–H groups in total. The maximum atomic E-state index is 11.8. The smallest absolute Gasteiger partial charge is 0.227 e. The van der Waals surface area contributed by atoms with Gasteiger partial charge in [0, 0.05) is 14.1 Å². The minimum atomic E-state index is -0.600. The van der Waals surface area contributed by atoms with Crippen molar-refractivity contribution in [3.63, 3.8) is 0 Å². The van der Waals surface area contributed by atoms with Crippen molar-refractivity contribution in [2.24, 2.45) is 5.92 Å². The molecule has 0 heterocycles. The van der Waals surface area contributed by atoms with E-state index in [1.165, 1.54) is 0 Å². The highest BCUT2D eigenvalue weighted by Crippen LogP contribution is 2.23. The first-order chi connectivity index (χ1) is 8.41. The normalized spacial score (nSPS) is 12.3. The highest BCUT2D eigenvalue weighted by atomic mass is 16.3. The summed E-state index contributed by atoms with van der Waals surface area (Å²) in [5, 5.41) is 12.5. The lowest BCUT2D eigenvalue weighted by Crippen LogP contribution is -2.24. The summed E-state index contributed by atoms with van der Waals surface area (Å²) < 4.78 is 0. The summed E-state index contributed by atoms with van der Waals surface area (Å²) in [6, 6.07) is 7.60. The first-order valence-electron chi connectivity index (χ1n) is 6.16. The predicted octanol–water partition coefficient (Wildman–Crippen LogP) is 2.10. The summed E-state index contributed by atoms with van der Waals surface area (Å²) in [5.74, 6) is -0.0784. The summed E-state index contributed by atoms with van der Waals surface area (Å²) >= 11 is 0. The van der Waals surface area contributed by atoms with Gasteiger partial charge in [0.1, 0.15) is 0 Å². The molecule has 0 aromatic heterocycles. The number of anilines is 2. The summed E-state index contributed by atoms with van der Waals surface area (Å²) in [7, 11) is 3.85. The maximum absolute atomic E-state index is 11.8. The van der Waals surface area contributed by atoms with Crippen LogP contribution in [-0.4, -0.2) is 31.2 Å². The standard InChI is InChI=1S/C14H22N2O2/c1-10(2)13(17)9-14(18)15-11-7-5-6-8-12(11)16(3)4/h5-8,10,13,17H,9H2,1-4H3,(H,15,18). The van der Waals surface area contributed by atoms with Crippen LogP contribution in [0.5, 0.6) is 0 Å². The van der Waals surface area contributed by atoms with Crippen molar-refractivity contribution in [2.75, 3.05) is 24.3 Å². The molecule has 4 heteroatoms. The van der Waals surface area contributed by atoms with E-state index in [0.29, 0.717) is 0 Å². The number of aliphatic hydroxyl groups excluding tert-OH is 1. The Morgan fingerprint density at radius 3 is 2.50 bits per heavy atom. The summed E-state index contributed by atoms with van der Waals surface area (Å²) in [5.41, 5.74) is 1.72. The van der Waals surface area contributed by atoms with Crippen LogP contribution in [-0.2, 0) is 4.79 Å². The van der Waals surface area contributed by atoms with Crippen molar-refractivity contribution < 1.29 is 9.90 Å². The van der Waals surface area contributed by atoms with Gasteiger partial charge in [-0.05, 0) is 18.1 Å². The van der Waals surface area contributed by atoms with Crippen LogP contribution in [0.15, 0.2) is 24.3 Å². The molecule has 1 atom stereocenters. The van der Waals surface area contributed by atoms with E-state index in [-0.39, 0.29) is 18.2 Å². The van der Waals surface area contributed by atoms with Crippen molar-refractivity contribution in [1.29, 1.82) is 0 Å². The van der Waals surface area contributed by atoms with Gasteiger partial charge in [-0.15, -0.1) is 0 Å². The van der Waals surface area contributed by atoms with Gasteiger partial charge in [0.25, 0.3) is 0 Å². The topological polar surface area (TPSA) is 52.6 Å². The Balaban J connectivity index is 2.70. The Labute approximate surface area is 109 Å². The number of hydrogen-bond acceptors (Lipinski definition) is 3. The SMILES string of the molecule is CC(C)C(O)CC(=O)Nc1ccccc1N(C)C. The molecule has 1 aromatic rings. The third-order valence-corrected chi connectivity index (χ3v) is 2.82. The molecule has 0 bridgehead atoms. The van der Waals surface area contributed by atoms with E-state index in [2.05, 4.69) is 5.32 Å². The highest BCUT2D eigenvalue weighted by Gasteiger charge is 2.15. The van der Waals surface area contributed by atoms with Crippen LogP contribution in [0.4, 0.5) is 11.4 Å². The number of benzene rings is 1. The van der Waals surface area contributed by atoms with Crippen LogP contribution in [0.2, 0.25) is 0 Å². The van der Waals surface area contributed by atoms with Crippen LogP contribution in [0.3, 0.4) is 0 Å². The number of rotatable bonds is 5. The number of amides is 1. The molecule has 0 aliphatic heterocycles. The Morgan fingerprint density at radius 1 is 1.33 bits per heavy atom. The molecule has 18 heavy (non-hydrogen) atoms. The number of nitrogens with one attached hydrogen (secondary N) is 1. The van der Waals surface area contributed by atoms with Gasteiger partial charge in [0.2, 0.25) is 5.91 Å². The minimum Gasteiger partial charge on any atom is -0.392 e. The molecule has 0 aliphatic rings. The fourth-order valence-electron chi connectivity index (χ4n) is 1.60. The van der Waals surface area contributed by atoms with E-state index in [1.807, 2.05) is 57.1 Å². The summed E-state index contributed by atoms with van der Waals surface area (Å²) in [6.07, 6.45) is -0.476. The molecule has 0 aliphatic carbocycles. The van der Waals surface area contributed by atoms with E-state index in [0.717, 1.165) is 11.4 Å². The molecule has 1 aromatic carbocycles. The van der Waals surface area contributed by atoms with E-state index < -0.39 is 6.10 Å². The predicted molar refractivity (Wildman–Crippen MR) is 74.9 cm³/mol. The van der Waals surface area contributed by atoms with Crippen molar-refractivity contribution >= 4 is 17.3 Å². The van der Waals surface area contributed by atoms with E-state index >= 15 is 0 Å². The van der Waals surface area contributed by atoms with E-state index in [1.54, 1.807) is 0 Å². The average molecular weight is 250 g/mol. The molecule has 0 saturated heterocycles. The largest absolute Gasteiger partial charge is 0.392 e. The lowest BCUT2D eigenvalue weighted by atomic mass is 10.0. The zero-order valence-corrected chi connectivity index (χ0v) is 11.5. The number of hydrogen-bond donors (Lipinski definition) is 2. The van der Waals surface area contributed by atoms with Crippen molar-refractivity contribution in [3.8, 4) is 0 Å². The summed E-state index contributed by atoms with van der Waals surface area (Å²) in [4.78, 5) is 13.8. The minimum absolute atomic E-state index is 0.0832. The second-order valence-corrected chi connectivity index (χ2v) is 4.98. The Morgan fingerprint density at radius 2 is 1.94 bits per heavy atom. The molecule has 100 valence electrons. The quantitative estimate of drug-likeness (QED) is 0.841. The van der Waals surface area contributed by atoms with Gasteiger partial charge in [-0.25, -0.2) is 0 Å². The zero-order valence-electron chi connectivity index (χ0n) is 11.5.